The van der Waals surface area contributed by atoms with Gasteiger partial charge < -0.3 is 4.57 Å². The fourth-order valence-electron chi connectivity index (χ4n) is 2.38. The van der Waals surface area contributed by atoms with E-state index in [-0.39, 0.29) is 0 Å². The zero-order valence-corrected chi connectivity index (χ0v) is 14.8. The number of benzene rings is 3. The third-order valence-corrected chi connectivity index (χ3v) is 6.24. The normalized spacial score (nSPS) is 10.6. The molecule has 118 valence electrons. The molecule has 2 heteroatoms. The van der Waals surface area contributed by atoms with E-state index in [1.165, 1.54) is 11.1 Å². The molecule has 0 amide bonds. The lowest BCUT2D eigenvalue weighted by Crippen LogP contribution is -2.14. The lowest BCUT2D eigenvalue weighted by Gasteiger charge is -2.13. The molecule has 0 saturated carbocycles. The first-order chi connectivity index (χ1) is 11.0. The quantitative estimate of drug-likeness (QED) is 0.611. The van der Waals surface area contributed by atoms with Crippen LogP contribution in [0, 0.1) is 13.8 Å². The lowest BCUT2D eigenvalue weighted by molar-refractivity contribution is 0.590. The van der Waals surface area contributed by atoms with Gasteiger partial charge >= 0.3 is 0 Å². The van der Waals surface area contributed by atoms with E-state index in [1.807, 2.05) is 67.3 Å². The van der Waals surface area contributed by atoms with Crippen molar-refractivity contribution in [1.29, 1.82) is 0 Å². The van der Waals surface area contributed by atoms with Crippen LogP contribution in [0.1, 0.15) is 11.1 Å². The molecule has 0 fully saturated rings. The first-order valence-corrected chi connectivity index (χ1v) is 9.87. The van der Waals surface area contributed by atoms with Gasteiger partial charge in [0, 0.05) is 10.6 Å². The van der Waals surface area contributed by atoms with E-state index in [4.69, 9.17) is 0 Å². The van der Waals surface area contributed by atoms with Crippen LogP contribution in [0.5, 0.6) is 0 Å². The van der Waals surface area contributed by atoms with Crippen molar-refractivity contribution in [2.75, 3.05) is 6.66 Å². The minimum atomic E-state index is -2.40. The Morgan fingerprint density at radius 3 is 1.30 bits per heavy atom. The average molecular weight is 322 g/mol. The van der Waals surface area contributed by atoms with Crippen molar-refractivity contribution < 1.29 is 4.57 Å². The Bertz CT molecular complexity index is 718. The first-order valence-electron chi connectivity index (χ1n) is 7.72. The molecule has 0 radical (unpaired) electrons. The maximum absolute atomic E-state index is 12.6. The lowest BCUT2D eigenvalue weighted by atomic mass is 10.2. The summed E-state index contributed by atoms with van der Waals surface area (Å²) >= 11 is 0. The summed E-state index contributed by atoms with van der Waals surface area (Å²) in [5, 5.41) is 1.83. The Balaban J connectivity index is 0.000000203. The third kappa shape index (κ3) is 4.94. The van der Waals surface area contributed by atoms with Crippen LogP contribution in [0.25, 0.3) is 0 Å². The van der Waals surface area contributed by atoms with Crippen molar-refractivity contribution in [3.63, 3.8) is 0 Å². The Hall–Kier alpha value is -2.11. The van der Waals surface area contributed by atoms with Gasteiger partial charge in [0.05, 0.1) is 0 Å². The molecule has 0 atom stereocenters. The maximum atomic E-state index is 12.6. The highest BCUT2D eigenvalue weighted by molar-refractivity contribution is 7.78. The molecule has 0 saturated heterocycles. The van der Waals surface area contributed by atoms with E-state index in [2.05, 4.69) is 38.1 Å². The van der Waals surface area contributed by atoms with E-state index in [1.54, 1.807) is 0 Å². The molecule has 0 aliphatic rings. The summed E-state index contributed by atoms with van der Waals surface area (Å²) in [6.45, 7) is 6.03. The van der Waals surface area contributed by atoms with E-state index >= 15 is 0 Å². The molecule has 3 aromatic rings. The van der Waals surface area contributed by atoms with Crippen LogP contribution in [0.2, 0.25) is 0 Å². The van der Waals surface area contributed by atoms with Crippen LogP contribution in [0.3, 0.4) is 0 Å². The molecule has 0 aliphatic carbocycles. The van der Waals surface area contributed by atoms with Crippen LogP contribution in [-0.2, 0) is 4.57 Å². The first kappa shape index (κ1) is 17.2. The summed E-state index contributed by atoms with van der Waals surface area (Å²) in [5.74, 6) is 0. The summed E-state index contributed by atoms with van der Waals surface area (Å²) in [7, 11) is -2.40. The van der Waals surface area contributed by atoms with Crippen LogP contribution in [0.15, 0.2) is 84.9 Å². The highest BCUT2D eigenvalue weighted by Crippen LogP contribution is 2.38. The van der Waals surface area contributed by atoms with Gasteiger partial charge in [-0.25, -0.2) is 0 Å². The standard InChI is InChI=1S/C13H13OP.C8H10/c1-15(14,12-8-4-2-5-9-12)13-10-6-3-7-11-13;1-7-4-3-5-8(2)6-7/h2-11H,1H3;3-6H,1-2H3. The molecular formula is C21H23OP. The molecule has 0 bridgehead atoms. The molecule has 1 nitrogen and oxygen atoms in total. The van der Waals surface area contributed by atoms with Gasteiger partial charge in [0.2, 0.25) is 0 Å². The minimum absolute atomic E-state index is 0.913. The van der Waals surface area contributed by atoms with Crippen molar-refractivity contribution >= 4 is 17.8 Å². The van der Waals surface area contributed by atoms with Gasteiger partial charge in [-0.3, -0.25) is 0 Å². The monoisotopic (exact) mass is 322 g/mol. The second kappa shape index (κ2) is 7.94. The predicted molar refractivity (Wildman–Crippen MR) is 102 cm³/mol. The summed E-state index contributed by atoms with van der Waals surface area (Å²) in [4.78, 5) is 0. The number of aryl methyl sites for hydroxylation is 2. The van der Waals surface area contributed by atoms with Crippen molar-refractivity contribution in [3.8, 4) is 0 Å². The minimum Gasteiger partial charge on any atom is -0.314 e. The van der Waals surface area contributed by atoms with E-state index in [0.717, 1.165) is 10.6 Å². The largest absolute Gasteiger partial charge is 0.314 e. The Kier molecular flexibility index (Phi) is 5.96. The van der Waals surface area contributed by atoms with Crippen LogP contribution in [0.4, 0.5) is 0 Å². The van der Waals surface area contributed by atoms with Crippen LogP contribution < -0.4 is 10.6 Å². The molecule has 3 rings (SSSR count). The topological polar surface area (TPSA) is 17.1 Å². The summed E-state index contributed by atoms with van der Waals surface area (Å²) in [6.07, 6.45) is 0. The SMILES string of the molecule is CP(=O)(c1ccccc1)c1ccccc1.Cc1cccc(C)c1. The summed E-state index contributed by atoms with van der Waals surface area (Å²) in [5.41, 5.74) is 2.68. The average Bonchev–Trinajstić information content (AvgIpc) is 2.57. The number of rotatable bonds is 2. The molecule has 0 aliphatic heterocycles. The van der Waals surface area contributed by atoms with Crippen molar-refractivity contribution in [2.45, 2.75) is 13.8 Å². The van der Waals surface area contributed by atoms with Gasteiger partial charge in [0.25, 0.3) is 0 Å². The molecular weight excluding hydrogens is 299 g/mol. The van der Waals surface area contributed by atoms with Gasteiger partial charge in [-0.1, -0.05) is 96.1 Å². The molecule has 3 aromatic carbocycles. The number of hydrogen-bond donors (Lipinski definition) is 0. The van der Waals surface area contributed by atoms with Gasteiger partial charge in [0.1, 0.15) is 7.14 Å². The highest BCUT2D eigenvalue weighted by atomic mass is 31.2. The molecule has 23 heavy (non-hydrogen) atoms. The molecule has 0 unspecified atom stereocenters. The van der Waals surface area contributed by atoms with E-state index < -0.39 is 7.14 Å². The third-order valence-electron chi connectivity index (χ3n) is 3.67. The van der Waals surface area contributed by atoms with Gasteiger partial charge in [-0.2, -0.15) is 0 Å². The Morgan fingerprint density at radius 1 is 0.609 bits per heavy atom. The fraction of sp³-hybridized carbons (Fsp3) is 0.143. The summed E-state index contributed by atoms with van der Waals surface area (Å²) < 4.78 is 12.6. The van der Waals surface area contributed by atoms with Crippen molar-refractivity contribution in [2.24, 2.45) is 0 Å². The molecule has 0 aromatic heterocycles. The molecule has 0 heterocycles. The van der Waals surface area contributed by atoms with Crippen molar-refractivity contribution in [3.05, 3.63) is 96.1 Å². The van der Waals surface area contributed by atoms with Gasteiger partial charge in [-0.15, -0.1) is 0 Å². The second-order valence-corrected chi connectivity index (χ2v) is 8.63. The predicted octanol–water partition coefficient (Wildman–Crippen LogP) is 4.93. The Morgan fingerprint density at radius 2 is 1.00 bits per heavy atom. The Labute approximate surface area is 139 Å². The smallest absolute Gasteiger partial charge is 0.140 e. The van der Waals surface area contributed by atoms with Crippen LogP contribution >= 0.6 is 7.14 Å². The van der Waals surface area contributed by atoms with Gasteiger partial charge in [0.15, 0.2) is 0 Å². The zero-order chi connectivity index (χ0) is 16.7. The zero-order valence-electron chi connectivity index (χ0n) is 13.9. The fourth-order valence-corrected chi connectivity index (χ4v) is 4.16. The molecule has 0 N–H and O–H groups in total. The maximum Gasteiger partial charge on any atom is 0.140 e. The number of hydrogen-bond acceptors (Lipinski definition) is 1. The summed E-state index contributed by atoms with van der Waals surface area (Å²) in [6, 6.07) is 27.7. The van der Waals surface area contributed by atoms with E-state index in [9.17, 15) is 4.57 Å². The second-order valence-electron chi connectivity index (χ2n) is 5.75. The highest BCUT2D eigenvalue weighted by Gasteiger charge is 2.19. The van der Waals surface area contributed by atoms with Crippen LogP contribution in [-0.4, -0.2) is 6.66 Å². The molecule has 0 spiro atoms. The van der Waals surface area contributed by atoms with Crippen molar-refractivity contribution in [1.82, 2.24) is 0 Å². The van der Waals surface area contributed by atoms with E-state index in [0.29, 0.717) is 0 Å². The van der Waals surface area contributed by atoms with Gasteiger partial charge in [-0.05, 0) is 20.5 Å².